The van der Waals surface area contributed by atoms with E-state index >= 15 is 0 Å². The predicted molar refractivity (Wildman–Crippen MR) is 216 cm³/mol. The molecule has 0 amide bonds. The van der Waals surface area contributed by atoms with Crippen molar-refractivity contribution in [2.45, 2.75) is 89.3 Å². The fraction of sp³-hybridized carbons (Fsp3) is 0.340. The maximum atomic E-state index is 13.6. The molecule has 0 saturated heterocycles. The average Bonchev–Trinajstić information content (AvgIpc) is 3.54. The van der Waals surface area contributed by atoms with Gasteiger partial charge >= 0.3 is 23.9 Å². The summed E-state index contributed by atoms with van der Waals surface area (Å²) in [6.07, 6.45) is 4.52. The number of phenolic OH excluding ortho intramolecular Hbond substituents is 2. The number of benzene rings is 4. The zero-order valence-corrected chi connectivity index (χ0v) is 32.8. The van der Waals surface area contributed by atoms with E-state index in [4.69, 9.17) is 23.9 Å². The molecule has 2 N–H and O–H groups in total. The molecule has 13 nitrogen and oxygen atoms in total. The second-order valence-electron chi connectivity index (χ2n) is 15.7. The van der Waals surface area contributed by atoms with Gasteiger partial charge in [0.25, 0.3) is 0 Å². The zero-order chi connectivity index (χ0) is 41.8. The zero-order valence-electron chi connectivity index (χ0n) is 32.8. The molecule has 0 spiro atoms. The SMILES string of the molecule is O=C(CCc1ccc(O)cc1)O[C@H]1CC[C@H](C(=O)Oc2ccc(OC(=O)[C@H]3CC[C@H](OC(=O)CCc4ccc(O)cc4)CC3)c3nc4c(nc23)C(=O)c2ccccc2-4)CC1. The first kappa shape index (κ1) is 40.2. The normalized spacial score (nSPS) is 19.5. The first-order chi connectivity index (χ1) is 29.1. The fourth-order valence-electron chi connectivity index (χ4n) is 8.14. The highest BCUT2D eigenvalue weighted by Gasteiger charge is 2.35. The Kier molecular flexibility index (Phi) is 11.8. The summed E-state index contributed by atoms with van der Waals surface area (Å²) in [6.45, 7) is 0. The topological polar surface area (TPSA) is 189 Å². The van der Waals surface area contributed by atoms with Crippen LogP contribution in [0.5, 0.6) is 23.0 Å². The number of fused-ring (bicyclic) bond motifs is 4. The molecular formula is C47H44N2O11. The number of nitrogens with zero attached hydrogens (tertiary/aromatic N) is 2. The van der Waals surface area contributed by atoms with Gasteiger partial charge in [-0.05, 0) is 112 Å². The molecule has 13 heteroatoms. The number of phenols is 2. The summed E-state index contributed by atoms with van der Waals surface area (Å²) in [5, 5.41) is 19.0. The van der Waals surface area contributed by atoms with Crippen LogP contribution in [0.2, 0.25) is 0 Å². The molecule has 1 aromatic heterocycles. The second-order valence-corrected chi connectivity index (χ2v) is 15.7. The summed E-state index contributed by atoms with van der Waals surface area (Å²) in [7, 11) is 0. The van der Waals surface area contributed by atoms with E-state index in [1.807, 2.05) is 0 Å². The molecule has 3 aliphatic carbocycles. The van der Waals surface area contributed by atoms with Gasteiger partial charge in [-0.2, -0.15) is 0 Å². The molecule has 0 aliphatic heterocycles. The van der Waals surface area contributed by atoms with Crippen LogP contribution in [0.25, 0.3) is 22.3 Å². The Labute approximate surface area is 345 Å². The van der Waals surface area contributed by atoms with Crippen LogP contribution in [-0.2, 0) is 41.5 Å². The van der Waals surface area contributed by atoms with Crippen LogP contribution in [-0.4, -0.2) is 62.0 Å². The molecule has 308 valence electrons. The molecule has 8 rings (SSSR count). The van der Waals surface area contributed by atoms with E-state index in [0.29, 0.717) is 81.0 Å². The number of ketones is 1. The molecule has 2 fully saturated rings. The number of hydrogen-bond donors (Lipinski definition) is 2. The molecule has 1 heterocycles. The number of carbonyl (C=O) groups is 5. The quantitative estimate of drug-likeness (QED) is 0.0912. The van der Waals surface area contributed by atoms with Crippen LogP contribution in [0.3, 0.4) is 0 Å². The second kappa shape index (κ2) is 17.7. The van der Waals surface area contributed by atoms with Crippen molar-refractivity contribution in [2.24, 2.45) is 11.8 Å². The van der Waals surface area contributed by atoms with Gasteiger partial charge in [-0.25, -0.2) is 9.97 Å². The Morgan fingerprint density at radius 3 is 1.40 bits per heavy atom. The van der Waals surface area contributed by atoms with Crippen molar-refractivity contribution in [1.29, 1.82) is 0 Å². The summed E-state index contributed by atoms with van der Waals surface area (Å²) >= 11 is 0. The lowest BCUT2D eigenvalue weighted by molar-refractivity contribution is -0.153. The molecule has 0 unspecified atom stereocenters. The molecule has 0 atom stereocenters. The van der Waals surface area contributed by atoms with Crippen LogP contribution < -0.4 is 9.47 Å². The van der Waals surface area contributed by atoms with E-state index in [1.165, 1.54) is 12.1 Å². The van der Waals surface area contributed by atoms with Gasteiger partial charge < -0.3 is 29.2 Å². The third-order valence-corrected chi connectivity index (χ3v) is 11.5. The fourth-order valence-corrected chi connectivity index (χ4v) is 8.14. The van der Waals surface area contributed by atoms with Crippen molar-refractivity contribution in [3.63, 3.8) is 0 Å². The number of esters is 4. The number of hydrogen-bond acceptors (Lipinski definition) is 13. The van der Waals surface area contributed by atoms with Crippen molar-refractivity contribution < 1.29 is 53.1 Å². The largest absolute Gasteiger partial charge is 0.508 e. The highest BCUT2D eigenvalue weighted by molar-refractivity contribution is 6.20. The predicted octanol–water partition coefficient (Wildman–Crippen LogP) is 7.53. The first-order valence-corrected chi connectivity index (χ1v) is 20.4. The number of aromatic nitrogens is 2. The van der Waals surface area contributed by atoms with Crippen molar-refractivity contribution in [2.75, 3.05) is 0 Å². The van der Waals surface area contributed by atoms with Crippen molar-refractivity contribution >= 4 is 40.7 Å². The molecule has 2 saturated carbocycles. The van der Waals surface area contributed by atoms with Crippen LogP contribution in [0.1, 0.15) is 91.4 Å². The Bertz CT molecular complexity index is 2430. The summed E-state index contributed by atoms with van der Waals surface area (Å²) < 4.78 is 23.3. The number of aromatic hydroxyl groups is 2. The first-order valence-electron chi connectivity index (χ1n) is 20.4. The average molecular weight is 813 g/mol. The maximum absolute atomic E-state index is 13.6. The lowest BCUT2D eigenvalue weighted by atomic mass is 9.87. The van der Waals surface area contributed by atoms with Crippen molar-refractivity contribution in [3.05, 3.63) is 107 Å². The van der Waals surface area contributed by atoms with Crippen LogP contribution >= 0.6 is 0 Å². The van der Waals surface area contributed by atoms with Crippen LogP contribution in [0, 0.1) is 11.8 Å². The minimum Gasteiger partial charge on any atom is -0.508 e. The Morgan fingerprint density at radius 1 is 0.533 bits per heavy atom. The van der Waals surface area contributed by atoms with Crippen molar-refractivity contribution in [1.82, 2.24) is 9.97 Å². The standard InChI is InChI=1S/C47H44N2O11/c50-31-15-5-27(6-16-31)9-25-39(52)57-33-19-11-29(12-20-33)46(55)59-37-23-24-38(43-42(37)48-41-35-3-1-2-4-36(35)45(54)44(41)49-43)60-47(56)30-13-21-34(22-14-30)58-40(53)26-10-28-7-17-32(51)18-8-28/h1-8,15-18,23-24,29-30,33-34,50-51H,9-14,19-22,25-26H2/t29-,30-,33-,34-. The highest BCUT2D eigenvalue weighted by atomic mass is 16.6. The van der Waals surface area contributed by atoms with Gasteiger partial charge in [0.2, 0.25) is 5.78 Å². The van der Waals surface area contributed by atoms with Crippen molar-refractivity contribution in [3.8, 4) is 34.3 Å². The highest BCUT2D eigenvalue weighted by Crippen LogP contribution is 2.40. The van der Waals surface area contributed by atoms with Crippen LogP contribution in [0.15, 0.2) is 84.9 Å². The number of aryl methyl sites for hydroxylation is 2. The molecule has 5 aromatic rings. The van der Waals surface area contributed by atoms with E-state index in [0.717, 1.165) is 11.1 Å². The molecule has 0 radical (unpaired) electrons. The summed E-state index contributed by atoms with van der Waals surface area (Å²) in [5.41, 5.74) is 3.58. The van der Waals surface area contributed by atoms with E-state index in [9.17, 15) is 34.2 Å². The molecular weight excluding hydrogens is 769 g/mol. The Morgan fingerprint density at radius 2 is 0.950 bits per heavy atom. The Hall–Kier alpha value is -6.63. The van der Waals surface area contributed by atoms with Gasteiger partial charge in [-0.1, -0.05) is 48.5 Å². The van der Waals surface area contributed by atoms with Gasteiger partial charge in [0, 0.05) is 24.0 Å². The Balaban J connectivity index is 0.906. The number of rotatable bonds is 12. The lowest BCUT2D eigenvalue weighted by Crippen LogP contribution is -2.30. The van der Waals surface area contributed by atoms with E-state index in [2.05, 4.69) is 4.98 Å². The summed E-state index contributed by atoms with van der Waals surface area (Å²) in [6, 6.07) is 23.4. The van der Waals surface area contributed by atoms with Gasteiger partial charge in [0.1, 0.15) is 46.1 Å². The molecule has 3 aliphatic rings. The third kappa shape index (κ3) is 9.15. The maximum Gasteiger partial charge on any atom is 0.314 e. The van der Waals surface area contributed by atoms with E-state index in [1.54, 1.807) is 72.8 Å². The van der Waals surface area contributed by atoms with E-state index < -0.39 is 23.8 Å². The third-order valence-electron chi connectivity index (χ3n) is 11.5. The van der Waals surface area contributed by atoms with Gasteiger partial charge in [0.15, 0.2) is 11.5 Å². The van der Waals surface area contributed by atoms with Gasteiger partial charge in [-0.3, -0.25) is 24.0 Å². The smallest absolute Gasteiger partial charge is 0.314 e. The minimum absolute atomic E-state index is 0.0735. The van der Waals surface area contributed by atoms with Gasteiger partial charge in [-0.15, -0.1) is 0 Å². The molecule has 60 heavy (non-hydrogen) atoms. The lowest BCUT2D eigenvalue weighted by Gasteiger charge is -2.27. The number of ether oxygens (including phenoxy) is 4. The van der Waals surface area contributed by atoms with Gasteiger partial charge in [0.05, 0.1) is 11.8 Å². The summed E-state index contributed by atoms with van der Waals surface area (Å²) in [4.78, 5) is 75.2. The number of carbonyl (C=O) groups excluding carboxylic acids is 5. The van der Waals surface area contributed by atoms with E-state index in [-0.39, 0.29) is 82.5 Å². The monoisotopic (exact) mass is 812 g/mol. The minimum atomic E-state index is -0.493. The molecule has 0 bridgehead atoms. The van der Waals surface area contributed by atoms with Crippen LogP contribution in [0.4, 0.5) is 0 Å². The summed E-state index contributed by atoms with van der Waals surface area (Å²) in [5.74, 6) is -2.35. The molecule has 4 aromatic carbocycles.